The van der Waals surface area contributed by atoms with Crippen LogP contribution in [0.4, 0.5) is 0 Å². The standard InChI is InChI=1S/C11H17ClN2O/c1-4-8(5-2)15-11-9(6-3)13-7-10(12)14-11/h7-8H,4-6H2,1-3H3. The van der Waals surface area contributed by atoms with E-state index in [0.29, 0.717) is 11.0 Å². The van der Waals surface area contributed by atoms with Gasteiger partial charge in [0.05, 0.1) is 12.3 Å². The first-order chi connectivity index (χ1) is 7.21. The van der Waals surface area contributed by atoms with Gasteiger partial charge in [-0.15, -0.1) is 0 Å². The molecule has 84 valence electrons. The van der Waals surface area contributed by atoms with Gasteiger partial charge >= 0.3 is 0 Å². The van der Waals surface area contributed by atoms with Gasteiger partial charge in [-0.1, -0.05) is 32.4 Å². The predicted octanol–water partition coefficient (Wildman–Crippen LogP) is 3.26. The van der Waals surface area contributed by atoms with Crippen LogP contribution in [0.25, 0.3) is 0 Å². The zero-order valence-electron chi connectivity index (χ0n) is 9.46. The fourth-order valence-electron chi connectivity index (χ4n) is 1.33. The fourth-order valence-corrected chi connectivity index (χ4v) is 1.45. The lowest BCUT2D eigenvalue weighted by atomic mass is 10.2. The Hall–Kier alpha value is -0.830. The van der Waals surface area contributed by atoms with E-state index in [-0.39, 0.29) is 6.10 Å². The first-order valence-corrected chi connectivity index (χ1v) is 5.77. The number of hydrogen-bond donors (Lipinski definition) is 0. The van der Waals surface area contributed by atoms with Crippen LogP contribution in [0.5, 0.6) is 5.88 Å². The largest absolute Gasteiger partial charge is 0.473 e. The number of halogens is 1. The van der Waals surface area contributed by atoms with Crippen molar-refractivity contribution in [3.63, 3.8) is 0 Å². The van der Waals surface area contributed by atoms with Gasteiger partial charge in [0.15, 0.2) is 5.15 Å². The highest BCUT2D eigenvalue weighted by atomic mass is 35.5. The van der Waals surface area contributed by atoms with E-state index >= 15 is 0 Å². The molecule has 1 aromatic rings. The van der Waals surface area contributed by atoms with Gasteiger partial charge in [-0.25, -0.2) is 0 Å². The van der Waals surface area contributed by atoms with Crippen molar-refractivity contribution in [2.45, 2.75) is 46.1 Å². The quantitative estimate of drug-likeness (QED) is 0.776. The molecule has 0 aliphatic rings. The SMILES string of the molecule is CCc1ncc(Cl)nc1OC(CC)CC. The Morgan fingerprint density at radius 2 is 2.00 bits per heavy atom. The third-order valence-electron chi connectivity index (χ3n) is 2.31. The van der Waals surface area contributed by atoms with Crippen LogP contribution in [0, 0.1) is 0 Å². The van der Waals surface area contributed by atoms with Gasteiger partial charge in [-0.05, 0) is 19.3 Å². The molecule has 15 heavy (non-hydrogen) atoms. The summed E-state index contributed by atoms with van der Waals surface area (Å²) < 4.78 is 5.76. The molecule has 0 atom stereocenters. The van der Waals surface area contributed by atoms with Crippen molar-refractivity contribution in [3.05, 3.63) is 17.0 Å². The van der Waals surface area contributed by atoms with Crippen molar-refractivity contribution >= 4 is 11.6 Å². The Bertz CT molecular complexity index is 313. The average Bonchev–Trinajstić information content (AvgIpc) is 2.26. The van der Waals surface area contributed by atoms with Gasteiger partial charge in [-0.2, -0.15) is 4.98 Å². The Kier molecular flexibility index (Phi) is 4.82. The molecule has 0 bridgehead atoms. The first kappa shape index (κ1) is 12.2. The fraction of sp³-hybridized carbons (Fsp3) is 0.636. The molecule has 0 saturated carbocycles. The molecular weight excluding hydrogens is 212 g/mol. The molecule has 0 aliphatic carbocycles. The zero-order chi connectivity index (χ0) is 11.3. The Morgan fingerprint density at radius 1 is 1.33 bits per heavy atom. The second kappa shape index (κ2) is 5.91. The number of aromatic nitrogens is 2. The first-order valence-electron chi connectivity index (χ1n) is 5.39. The van der Waals surface area contributed by atoms with Gasteiger partial charge in [0.25, 0.3) is 0 Å². The predicted molar refractivity (Wildman–Crippen MR) is 61.4 cm³/mol. The van der Waals surface area contributed by atoms with E-state index < -0.39 is 0 Å². The smallest absolute Gasteiger partial charge is 0.237 e. The Balaban J connectivity index is 2.86. The van der Waals surface area contributed by atoms with E-state index in [1.165, 1.54) is 0 Å². The van der Waals surface area contributed by atoms with Gasteiger partial charge in [0.2, 0.25) is 5.88 Å². The molecule has 0 N–H and O–H groups in total. The molecule has 0 unspecified atom stereocenters. The number of aryl methyl sites for hydroxylation is 1. The summed E-state index contributed by atoms with van der Waals surface area (Å²) >= 11 is 5.79. The van der Waals surface area contributed by atoms with Crippen LogP contribution in [0.3, 0.4) is 0 Å². The van der Waals surface area contributed by atoms with Crippen LogP contribution in [-0.2, 0) is 6.42 Å². The van der Waals surface area contributed by atoms with Crippen LogP contribution in [0.15, 0.2) is 6.20 Å². The summed E-state index contributed by atoms with van der Waals surface area (Å²) in [5, 5.41) is 0.383. The highest BCUT2D eigenvalue weighted by Gasteiger charge is 2.11. The van der Waals surface area contributed by atoms with E-state index in [1.807, 2.05) is 6.92 Å². The molecule has 0 aromatic carbocycles. The molecular formula is C11H17ClN2O. The maximum Gasteiger partial charge on any atom is 0.237 e. The third-order valence-corrected chi connectivity index (χ3v) is 2.49. The summed E-state index contributed by atoms with van der Waals surface area (Å²) in [6, 6.07) is 0. The molecule has 0 radical (unpaired) electrons. The monoisotopic (exact) mass is 228 g/mol. The highest BCUT2D eigenvalue weighted by molar-refractivity contribution is 6.29. The topological polar surface area (TPSA) is 35.0 Å². The number of rotatable bonds is 5. The van der Waals surface area contributed by atoms with Gasteiger partial charge < -0.3 is 4.74 Å². The minimum atomic E-state index is 0.197. The van der Waals surface area contributed by atoms with Crippen molar-refractivity contribution in [3.8, 4) is 5.88 Å². The van der Waals surface area contributed by atoms with Crippen molar-refractivity contribution in [1.29, 1.82) is 0 Å². The molecule has 1 rings (SSSR count). The summed E-state index contributed by atoms with van der Waals surface area (Å²) in [4.78, 5) is 8.36. The second-order valence-electron chi connectivity index (χ2n) is 3.35. The minimum Gasteiger partial charge on any atom is -0.473 e. The second-order valence-corrected chi connectivity index (χ2v) is 3.74. The molecule has 1 heterocycles. The van der Waals surface area contributed by atoms with Crippen LogP contribution in [0.2, 0.25) is 5.15 Å². The normalized spacial score (nSPS) is 10.7. The molecule has 0 aliphatic heterocycles. The Labute approximate surface area is 95.8 Å². The molecule has 0 saturated heterocycles. The molecule has 0 spiro atoms. The van der Waals surface area contributed by atoms with Crippen LogP contribution >= 0.6 is 11.6 Å². The van der Waals surface area contributed by atoms with E-state index in [9.17, 15) is 0 Å². The molecule has 1 aromatic heterocycles. The van der Waals surface area contributed by atoms with Crippen LogP contribution < -0.4 is 4.74 Å². The van der Waals surface area contributed by atoms with E-state index in [0.717, 1.165) is 25.0 Å². The maximum atomic E-state index is 5.79. The number of hydrogen-bond acceptors (Lipinski definition) is 3. The van der Waals surface area contributed by atoms with E-state index in [2.05, 4.69) is 23.8 Å². The summed E-state index contributed by atoms with van der Waals surface area (Å²) in [6.45, 7) is 6.22. The maximum absolute atomic E-state index is 5.79. The molecule has 0 fully saturated rings. The van der Waals surface area contributed by atoms with Crippen molar-refractivity contribution in [1.82, 2.24) is 9.97 Å². The summed E-state index contributed by atoms with van der Waals surface area (Å²) in [5.74, 6) is 0.582. The van der Waals surface area contributed by atoms with E-state index in [4.69, 9.17) is 16.3 Å². The van der Waals surface area contributed by atoms with Crippen molar-refractivity contribution in [2.24, 2.45) is 0 Å². The van der Waals surface area contributed by atoms with E-state index in [1.54, 1.807) is 6.20 Å². The highest BCUT2D eigenvalue weighted by Crippen LogP contribution is 2.19. The third kappa shape index (κ3) is 3.34. The van der Waals surface area contributed by atoms with Crippen LogP contribution in [-0.4, -0.2) is 16.1 Å². The average molecular weight is 229 g/mol. The molecule has 0 amide bonds. The lowest BCUT2D eigenvalue weighted by Crippen LogP contribution is -2.16. The molecule has 4 heteroatoms. The van der Waals surface area contributed by atoms with Gasteiger partial charge in [0.1, 0.15) is 5.69 Å². The van der Waals surface area contributed by atoms with Gasteiger partial charge in [0, 0.05) is 0 Å². The van der Waals surface area contributed by atoms with Crippen LogP contribution in [0.1, 0.15) is 39.3 Å². The number of nitrogens with zero attached hydrogens (tertiary/aromatic N) is 2. The summed E-state index contributed by atoms with van der Waals surface area (Å²) in [7, 11) is 0. The zero-order valence-corrected chi connectivity index (χ0v) is 10.2. The minimum absolute atomic E-state index is 0.197. The van der Waals surface area contributed by atoms with Crippen molar-refractivity contribution in [2.75, 3.05) is 0 Å². The Morgan fingerprint density at radius 3 is 2.53 bits per heavy atom. The lowest BCUT2D eigenvalue weighted by Gasteiger charge is -2.16. The van der Waals surface area contributed by atoms with Crippen molar-refractivity contribution < 1.29 is 4.74 Å². The summed E-state index contributed by atoms with van der Waals surface area (Å²) in [6.07, 6.45) is 4.49. The van der Waals surface area contributed by atoms with Gasteiger partial charge in [-0.3, -0.25) is 4.98 Å². The summed E-state index contributed by atoms with van der Waals surface area (Å²) in [5.41, 5.74) is 0.867. The lowest BCUT2D eigenvalue weighted by molar-refractivity contribution is 0.182. The molecule has 3 nitrogen and oxygen atoms in total. The number of ether oxygens (including phenoxy) is 1.